The first-order valence-corrected chi connectivity index (χ1v) is 5.40. The summed E-state index contributed by atoms with van der Waals surface area (Å²) in [5, 5.41) is 2.78. The molecule has 0 aliphatic carbocycles. The van der Waals surface area contributed by atoms with Crippen molar-refractivity contribution in [2.75, 3.05) is 7.05 Å². The van der Waals surface area contributed by atoms with E-state index in [2.05, 4.69) is 5.32 Å². The van der Waals surface area contributed by atoms with Gasteiger partial charge in [-0.3, -0.25) is 0 Å². The van der Waals surface area contributed by atoms with E-state index in [1.807, 2.05) is 0 Å². The third-order valence-corrected chi connectivity index (χ3v) is 2.61. The number of alkyl halides is 3. The van der Waals surface area contributed by atoms with Crippen molar-refractivity contribution in [2.24, 2.45) is 0 Å². The normalized spacial score (nSPS) is 13.7. The van der Waals surface area contributed by atoms with E-state index in [0.717, 1.165) is 0 Å². The van der Waals surface area contributed by atoms with Crippen LogP contribution >= 0.6 is 0 Å². The molecule has 1 aromatic carbocycles. The fraction of sp³-hybridized carbons (Fsp3) is 0.500. The Balaban J connectivity index is 2.56. The lowest BCUT2D eigenvalue weighted by Crippen LogP contribution is -2.29. The fourth-order valence-electron chi connectivity index (χ4n) is 1.62. The molecular formula is C12H15F4N. The van der Waals surface area contributed by atoms with Crippen LogP contribution in [0.4, 0.5) is 17.6 Å². The molecule has 0 aromatic heterocycles. The van der Waals surface area contributed by atoms with Gasteiger partial charge in [0.15, 0.2) is 0 Å². The van der Waals surface area contributed by atoms with E-state index in [1.54, 1.807) is 25.2 Å². The third kappa shape index (κ3) is 5.17. The van der Waals surface area contributed by atoms with Crippen molar-refractivity contribution in [3.05, 3.63) is 35.6 Å². The van der Waals surface area contributed by atoms with E-state index in [0.29, 0.717) is 5.56 Å². The Morgan fingerprint density at radius 3 is 2.41 bits per heavy atom. The number of hydrogen-bond donors (Lipinski definition) is 1. The van der Waals surface area contributed by atoms with Gasteiger partial charge in [-0.05, 0) is 31.5 Å². The molecule has 0 bridgehead atoms. The maximum atomic E-state index is 13.3. The Kier molecular flexibility index (Phi) is 4.93. The SMILES string of the molecule is CNC(CCC(F)(F)F)Cc1ccccc1F. The van der Waals surface area contributed by atoms with E-state index in [4.69, 9.17) is 0 Å². The van der Waals surface area contributed by atoms with Crippen molar-refractivity contribution >= 4 is 0 Å². The molecule has 0 heterocycles. The monoisotopic (exact) mass is 249 g/mol. The maximum absolute atomic E-state index is 13.3. The Morgan fingerprint density at radius 1 is 1.24 bits per heavy atom. The molecule has 96 valence electrons. The van der Waals surface area contributed by atoms with Crippen LogP contribution < -0.4 is 5.32 Å². The summed E-state index contributed by atoms with van der Waals surface area (Å²) in [6.45, 7) is 0. The van der Waals surface area contributed by atoms with Crippen LogP contribution in [-0.2, 0) is 6.42 Å². The number of rotatable bonds is 5. The summed E-state index contributed by atoms with van der Waals surface area (Å²) in [5.41, 5.74) is 0.439. The van der Waals surface area contributed by atoms with Gasteiger partial charge in [0, 0.05) is 12.5 Å². The Bertz CT molecular complexity index is 349. The van der Waals surface area contributed by atoms with Gasteiger partial charge in [-0.25, -0.2) is 4.39 Å². The number of hydrogen-bond acceptors (Lipinski definition) is 1. The van der Waals surface area contributed by atoms with E-state index < -0.39 is 12.6 Å². The van der Waals surface area contributed by atoms with Gasteiger partial charge in [0.2, 0.25) is 0 Å². The Labute approximate surface area is 97.8 Å². The molecule has 1 atom stereocenters. The quantitative estimate of drug-likeness (QED) is 0.789. The highest BCUT2D eigenvalue weighted by molar-refractivity contribution is 5.18. The first-order chi connectivity index (χ1) is 7.92. The summed E-state index contributed by atoms with van der Waals surface area (Å²) < 4.78 is 49.5. The predicted molar refractivity (Wildman–Crippen MR) is 58.2 cm³/mol. The van der Waals surface area contributed by atoms with Gasteiger partial charge in [-0.1, -0.05) is 18.2 Å². The molecule has 1 aromatic rings. The van der Waals surface area contributed by atoms with Crippen LogP contribution in [0.5, 0.6) is 0 Å². The zero-order valence-electron chi connectivity index (χ0n) is 9.52. The van der Waals surface area contributed by atoms with E-state index in [9.17, 15) is 17.6 Å². The van der Waals surface area contributed by atoms with Gasteiger partial charge in [0.05, 0.1) is 0 Å². The highest BCUT2D eigenvalue weighted by Crippen LogP contribution is 2.23. The van der Waals surface area contributed by atoms with Gasteiger partial charge in [0.25, 0.3) is 0 Å². The van der Waals surface area contributed by atoms with Crippen LogP contribution in [0.1, 0.15) is 18.4 Å². The first-order valence-electron chi connectivity index (χ1n) is 5.40. The molecule has 1 unspecified atom stereocenters. The topological polar surface area (TPSA) is 12.0 Å². The van der Waals surface area contributed by atoms with Crippen LogP contribution in [0, 0.1) is 5.82 Å². The van der Waals surface area contributed by atoms with E-state index in [1.165, 1.54) is 6.07 Å². The average molecular weight is 249 g/mol. The van der Waals surface area contributed by atoms with Crippen LogP contribution in [0.25, 0.3) is 0 Å². The Morgan fingerprint density at radius 2 is 1.88 bits per heavy atom. The minimum Gasteiger partial charge on any atom is -0.317 e. The van der Waals surface area contributed by atoms with Crippen molar-refractivity contribution in [1.82, 2.24) is 5.32 Å². The molecule has 0 fully saturated rings. The second kappa shape index (κ2) is 6.00. The molecule has 0 aliphatic rings. The lowest BCUT2D eigenvalue weighted by atomic mass is 10.0. The molecule has 1 N–H and O–H groups in total. The number of nitrogens with one attached hydrogen (secondary N) is 1. The van der Waals surface area contributed by atoms with Crippen LogP contribution in [0.2, 0.25) is 0 Å². The smallest absolute Gasteiger partial charge is 0.317 e. The van der Waals surface area contributed by atoms with Crippen LogP contribution in [0.15, 0.2) is 24.3 Å². The maximum Gasteiger partial charge on any atom is 0.389 e. The minimum absolute atomic E-state index is 0.0473. The largest absolute Gasteiger partial charge is 0.389 e. The predicted octanol–water partition coefficient (Wildman–Crippen LogP) is 3.30. The molecule has 0 saturated carbocycles. The summed E-state index contributed by atoms with van der Waals surface area (Å²) >= 11 is 0. The van der Waals surface area contributed by atoms with Crippen molar-refractivity contribution < 1.29 is 17.6 Å². The summed E-state index contributed by atoms with van der Waals surface area (Å²) in [7, 11) is 1.59. The molecule has 0 radical (unpaired) electrons. The molecule has 0 spiro atoms. The number of halogens is 4. The average Bonchev–Trinajstić information content (AvgIpc) is 2.25. The fourth-order valence-corrected chi connectivity index (χ4v) is 1.62. The molecule has 1 rings (SSSR count). The molecule has 5 heteroatoms. The number of likely N-dealkylation sites (N-methyl/N-ethyl adjacent to an activating group) is 1. The Hall–Kier alpha value is -1.10. The molecule has 0 amide bonds. The summed E-state index contributed by atoms with van der Waals surface area (Å²) in [6, 6.07) is 5.77. The van der Waals surface area contributed by atoms with E-state index >= 15 is 0 Å². The van der Waals surface area contributed by atoms with Gasteiger partial charge >= 0.3 is 6.18 Å². The zero-order valence-corrected chi connectivity index (χ0v) is 9.52. The van der Waals surface area contributed by atoms with Gasteiger partial charge in [-0.15, -0.1) is 0 Å². The van der Waals surface area contributed by atoms with Gasteiger partial charge in [0.1, 0.15) is 5.82 Å². The van der Waals surface area contributed by atoms with E-state index in [-0.39, 0.29) is 24.7 Å². The first kappa shape index (κ1) is 14.0. The van der Waals surface area contributed by atoms with Crippen LogP contribution in [0.3, 0.4) is 0 Å². The molecule has 17 heavy (non-hydrogen) atoms. The van der Waals surface area contributed by atoms with Gasteiger partial charge in [-0.2, -0.15) is 13.2 Å². The molecule has 0 aliphatic heterocycles. The highest BCUT2D eigenvalue weighted by atomic mass is 19.4. The summed E-state index contributed by atoms with van der Waals surface area (Å²) in [6.07, 6.45) is -4.80. The van der Waals surface area contributed by atoms with Crippen LogP contribution in [-0.4, -0.2) is 19.3 Å². The highest BCUT2D eigenvalue weighted by Gasteiger charge is 2.28. The zero-order chi connectivity index (χ0) is 12.9. The second-order valence-corrected chi connectivity index (χ2v) is 3.93. The molecular weight excluding hydrogens is 234 g/mol. The standard InChI is InChI=1S/C12H15F4N/c1-17-10(6-7-12(14,15)16)8-9-4-2-3-5-11(9)13/h2-5,10,17H,6-8H2,1H3. The number of benzene rings is 1. The van der Waals surface area contributed by atoms with Crippen molar-refractivity contribution in [2.45, 2.75) is 31.5 Å². The van der Waals surface area contributed by atoms with Crippen molar-refractivity contribution in [3.63, 3.8) is 0 Å². The lowest BCUT2D eigenvalue weighted by Gasteiger charge is -2.17. The lowest BCUT2D eigenvalue weighted by molar-refractivity contribution is -0.136. The van der Waals surface area contributed by atoms with Crippen molar-refractivity contribution in [1.29, 1.82) is 0 Å². The second-order valence-electron chi connectivity index (χ2n) is 3.93. The van der Waals surface area contributed by atoms with Crippen molar-refractivity contribution in [3.8, 4) is 0 Å². The third-order valence-electron chi connectivity index (χ3n) is 2.61. The molecule has 0 saturated heterocycles. The minimum atomic E-state index is -4.16. The molecule has 1 nitrogen and oxygen atoms in total. The summed E-state index contributed by atoms with van der Waals surface area (Å²) in [4.78, 5) is 0. The summed E-state index contributed by atoms with van der Waals surface area (Å²) in [5.74, 6) is -0.375. The van der Waals surface area contributed by atoms with Gasteiger partial charge < -0.3 is 5.32 Å².